The van der Waals surface area contributed by atoms with Crippen LogP contribution in [-0.4, -0.2) is 75.4 Å². The van der Waals surface area contributed by atoms with Gasteiger partial charge in [0, 0.05) is 23.3 Å². The van der Waals surface area contributed by atoms with Crippen molar-refractivity contribution in [2.45, 2.75) is 68.1 Å². The topological polar surface area (TPSA) is 206 Å². The van der Waals surface area contributed by atoms with Crippen LogP contribution in [0.1, 0.15) is 30.5 Å². The molecule has 5 atom stereocenters. The molecule has 12 nitrogen and oxygen atoms in total. The van der Waals surface area contributed by atoms with Crippen molar-refractivity contribution in [1.29, 1.82) is 0 Å². The molecule has 1 heterocycles. The fourth-order valence-electron chi connectivity index (χ4n) is 5.24. The predicted octanol–water partition coefficient (Wildman–Crippen LogP) is 1.35. The van der Waals surface area contributed by atoms with E-state index in [0.717, 1.165) is 11.1 Å². The second kappa shape index (κ2) is 17.2. The van der Waals surface area contributed by atoms with Crippen LogP contribution in [0.2, 0.25) is 0 Å². The Morgan fingerprint density at radius 1 is 0.816 bits per heavy atom. The molecule has 49 heavy (non-hydrogen) atoms. The van der Waals surface area contributed by atoms with Gasteiger partial charge >= 0.3 is 0 Å². The average molecular weight is 707 g/mol. The molecule has 14 heteroatoms. The summed E-state index contributed by atoms with van der Waals surface area (Å²) in [5, 5.41) is 20.7. The third-order valence-electron chi connectivity index (χ3n) is 7.97. The van der Waals surface area contributed by atoms with Crippen LogP contribution in [0.15, 0.2) is 84.9 Å². The minimum atomic E-state index is -1.14. The molecule has 3 aromatic carbocycles. The lowest BCUT2D eigenvalue weighted by atomic mass is 9.99. The van der Waals surface area contributed by atoms with E-state index >= 15 is 0 Å². The van der Waals surface area contributed by atoms with Gasteiger partial charge in [0.15, 0.2) is 0 Å². The first kappa shape index (κ1) is 37.3. The van der Waals surface area contributed by atoms with E-state index in [0.29, 0.717) is 5.56 Å². The van der Waals surface area contributed by atoms with Crippen molar-refractivity contribution >= 4 is 51.1 Å². The van der Waals surface area contributed by atoms with Gasteiger partial charge in [0.1, 0.15) is 29.9 Å². The third kappa shape index (κ3) is 11.0. The molecule has 260 valence electrons. The Morgan fingerprint density at radius 3 is 1.86 bits per heavy atom. The summed E-state index contributed by atoms with van der Waals surface area (Å²) in [7, 11) is 2.43. The summed E-state index contributed by atoms with van der Waals surface area (Å²) >= 11 is 0. The number of aromatic hydroxyl groups is 1. The number of nitrogens with two attached hydrogens (primary N) is 2. The maximum absolute atomic E-state index is 14.0. The molecule has 0 aromatic heterocycles. The van der Waals surface area contributed by atoms with Gasteiger partial charge in [-0.1, -0.05) is 94.4 Å². The van der Waals surface area contributed by atoms with Gasteiger partial charge in [-0.25, -0.2) is 0 Å². The number of amides is 5. The minimum Gasteiger partial charge on any atom is -0.508 e. The zero-order chi connectivity index (χ0) is 35.6. The van der Waals surface area contributed by atoms with Crippen LogP contribution in [0.25, 0.3) is 0 Å². The molecule has 0 saturated carbocycles. The molecule has 0 spiro atoms. The highest BCUT2D eigenvalue weighted by Crippen LogP contribution is 2.38. The van der Waals surface area contributed by atoms with Crippen molar-refractivity contribution in [3.63, 3.8) is 0 Å². The van der Waals surface area contributed by atoms with Crippen molar-refractivity contribution < 1.29 is 29.1 Å². The lowest BCUT2D eigenvalue weighted by Crippen LogP contribution is -2.62. The number of rotatable bonds is 9. The normalized spacial score (nSPS) is 22.4. The highest BCUT2D eigenvalue weighted by atomic mass is 33.1. The number of carbonyl (C=O) groups excluding carboxylic acids is 5. The van der Waals surface area contributed by atoms with E-state index in [1.54, 1.807) is 26.0 Å². The number of carbonyl (C=O) groups is 5. The van der Waals surface area contributed by atoms with Crippen LogP contribution in [0.4, 0.5) is 0 Å². The van der Waals surface area contributed by atoms with Gasteiger partial charge in [0.25, 0.3) is 0 Å². The number of hydrogen-bond acceptors (Lipinski definition) is 9. The molecular weight excluding hydrogens is 665 g/mol. The van der Waals surface area contributed by atoms with Gasteiger partial charge in [0.05, 0.1) is 6.04 Å². The van der Waals surface area contributed by atoms with Crippen LogP contribution in [-0.2, 0) is 43.2 Å². The van der Waals surface area contributed by atoms with Crippen LogP contribution >= 0.6 is 21.6 Å². The summed E-state index contributed by atoms with van der Waals surface area (Å²) in [6.45, 7) is 3.46. The van der Waals surface area contributed by atoms with Gasteiger partial charge in [0.2, 0.25) is 29.5 Å². The average Bonchev–Trinajstić information content (AvgIpc) is 3.07. The SMILES string of the molecule is CC1(C)SSC[C@@H](NC(=O)[C@@H](N)Cc2ccc(O)cc2)C(=O)N[C@@H](Cc2ccccc2)C(=O)N[C@@H](Cc2ccccc2)C(=O)N[C@@H]1C(N)=O. The van der Waals surface area contributed by atoms with E-state index in [-0.39, 0.29) is 30.8 Å². The number of primary amides is 1. The molecule has 4 rings (SSSR count). The molecule has 3 aromatic rings. The second-order valence-electron chi connectivity index (χ2n) is 12.4. The zero-order valence-electron chi connectivity index (χ0n) is 27.3. The van der Waals surface area contributed by atoms with Crippen molar-refractivity contribution in [3.05, 3.63) is 102 Å². The van der Waals surface area contributed by atoms with E-state index in [1.807, 2.05) is 60.7 Å². The minimum absolute atomic E-state index is 0.0351. The first-order valence-electron chi connectivity index (χ1n) is 15.7. The smallest absolute Gasteiger partial charge is 0.244 e. The molecule has 1 aliphatic heterocycles. The summed E-state index contributed by atoms with van der Waals surface area (Å²) in [6.07, 6.45) is 0.352. The Balaban J connectivity index is 1.65. The summed E-state index contributed by atoms with van der Waals surface area (Å²) in [6, 6.07) is 18.9. The molecule has 0 unspecified atom stereocenters. The number of phenolic OH excluding ortho intramolecular Hbond substituents is 1. The van der Waals surface area contributed by atoms with Gasteiger partial charge in [-0.2, -0.15) is 0 Å². The van der Waals surface area contributed by atoms with Crippen molar-refractivity contribution in [3.8, 4) is 5.75 Å². The maximum Gasteiger partial charge on any atom is 0.244 e. The number of hydrogen-bond donors (Lipinski definition) is 7. The predicted molar refractivity (Wildman–Crippen MR) is 191 cm³/mol. The van der Waals surface area contributed by atoms with E-state index in [9.17, 15) is 29.1 Å². The van der Waals surface area contributed by atoms with Crippen LogP contribution < -0.4 is 32.7 Å². The lowest BCUT2D eigenvalue weighted by molar-refractivity contribution is -0.134. The maximum atomic E-state index is 14.0. The summed E-state index contributed by atoms with van der Waals surface area (Å²) < 4.78 is -0.965. The van der Waals surface area contributed by atoms with Gasteiger partial charge in [-0.3, -0.25) is 24.0 Å². The van der Waals surface area contributed by atoms with Crippen molar-refractivity contribution in [2.75, 3.05) is 5.75 Å². The van der Waals surface area contributed by atoms with E-state index in [2.05, 4.69) is 21.3 Å². The Kier molecular flexibility index (Phi) is 13.1. The summed E-state index contributed by atoms with van der Waals surface area (Å²) in [5.41, 5.74) is 14.2. The zero-order valence-corrected chi connectivity index (χ0v) is 28.9. The summed E-state index contributed by atoms with van der Waals surface area (Å²) in [5.74, 6) is -3.10. The van der Waals surface area contributed by atoms with E-state index < -0.39 is 64.5 Å². The fraction of sp³-hybridized carbons (Fsp3) is 0.343. The first-order chi connectivity index (χ1) is 23.3. The Labute approximate surface area is 293 Å². The van der Waals surface area contributed by atoms with Crippen molar-refractivity contribution in [1.82, 2.24) is 21.3 Å². The molecule has 0 aliphatic carbocycles. The van der Waals surface area contributed by atoms with Gasteiger partial charge in [-0.05, 0) is 49.1 Å². The number of phenols is 1. The second-order valence-corrected chi connectivity index (χ2v) is 15.4. The number of nitrogens with one attached hydrogen (secondary N) is 4. The van der Waals surface area contributed by atoms with Crippen molar-refractivity contribution in [2.24, 2.45) is 11.5 Å². The van der Waals surface area contributed by atoms with Crippen LogP contribution in [0, 0.1) is 0 Å². The molecule has 5 amide bonds. The number of benzene rings is 3. The van der Waals surface area contributed by atoms with Gasteiger partial charge in [-0.15, -0.1) is 0 Å². The third-order valence-corrected chi connectivity index (χ3v) is 11.3. The summed E-state index contributed by atoms with van der Waals surface area (Å²) in [4.78, 5) is 67.6. The molecule has 1 aliphatic rings. The Hall–Kier alpha value is -4.53. The van der Waals surface area contributed by atoms with Crippen LogP contribution in [0.3, 0.4) is 0 Å². The quantitative estimate of drug-likeness (QED) is 0.160. The first-order valence-corrected chi connectivity index (χ1v) is 18.1. The molecule has 0 radical (unpaired) electrons. The highest BCUT2D eigenvalue weighted by molar-refractivity contribution is 8.77. The highest BCUT2D eigenvalue weighted by Gasteiger charge is 2.39. The molecule has 1 fully saturated rings. The van der Waals surface area contributed by atoms with E-state index in [4.69, 9.17) is 11.5 Å². The monoisotopic (exact) mass is 706 g/mol. The largest absolute Gasteiger partial charge is 0.508 e. The standard InChI is InChI=1S/C35H42N6O6S2/c1-35(2)29(30(37)43)41-33(46)27(19-22-11-7-4-8-12-22)38-32(45)26(18-21-9-5-3-6-10-21)39-34(47)28(20-48-49-35)40-31(44)25(36)17-23-13-15-24(42)16-14-23/h3-16,25-29,42H,17-20,36H2,1-2H3,(H2,37,43)(H,38,45)(H,39,47)(H,40,44)(H,41,46)/t25-,26-,27-,28+,29+/m0/s1. The van der Waals surface area contributed by atoms with E-state index in [1.165, 1.54) is 33.7 Å². The lowest BCUT2D eigenvalue weighted by Gasteiger charge is -2.34. The fourth-order valence-corrected chi connectivity index (χ4v) is 8.06. The molecule has 0 bridgehead atoms. The van der Waals surface area contributed by atoms with Crippen LogP contribution in [0.5, 0.6) is 5.75 Å². The molecule has 1 saturated heterocycles. The Morgan fingerprint density at radius 2 is 1.33 bits per heavy atom. The molecule has 9 N–H and O–H groups in total. The molecular formula is C35H42N6O6S2. The Bertz CT molecular complexity index is 1610. The van der Waals surface area contributed by atoms with Gasteiger partial charge < -0.3 is 37.8 Å².